The second-order valence-corrected chi connectivity index (χ2v) is 4.90. The average Bonchev–Trinajstić information content (AvgIpc) is 2.47. The fourth-order valence-electron chi connectivity index (χ4n) is 2.47. The smallest absolute Gasteiger partial charge is 0.131 e. The van der Waals surface area contributed by atoms with E-state index in [1.807, 2.05) is 24.3 Å². The second kappa shape index (κ2) is 5.48. The zero-order valence-corrected chi connectivity index (χ0v) is 11.5. The number of nitrogens with one attached hydrogen (secondary N) is 1. The largest absolute Gasteiger partial charge is 0.378 e. The molecule has 0 spiro atoms. The van der Waals surface area contributed by atoms with Crippen molar-refractivity contribution in [3.05, 3.63) is 72.1 Å². The van der Waals surface area contributed by atoms with Gasteiger partial charge in [0.25, 0.3) is 0 Å². The van der Waals surface area contributed by atoms with Crippen LogP contribution in [0.3, 0.4) is 0 Å². The lowest BCUT2D eigenvalue weighted by molar-refractivity contribution is 0.544. The molecule has 0 bridgehead atoms. The third-order valence-corrected chi connectivity index (χ3v) is 3.49. The summed E-state index contributed by atoms with van der Waals surface area (Å²) in [4.78, 5) is 4.10. The predicted octanol–water partition coefficient (Wildman–Crippen LogP) is 4.69. The maximum Gasteiger partial charge on any atom is 0.131 e. The molecule has 106 valence electrons. The van der Waals surface area contributed by atoms with Gasteiger partial charge >= 0.3 is 0 Å². The van der Waals surface area contributed by atoms with Crippen molar-refractivity contribution in [2.24, 2.45) is 0 Å². The van der Waals surface area contributed by atoms with E-state index in [1.54, 1.807) is 19.3 Å². The molecule has 0 fully saturated rings. The number of nitrogens with zero attached hydrogens (tertiary/aromatic N) is 1. The van der Waals surface area contributed by atoms with Crippen LogP contribution in [0.1, 0.15) is 18.5 Å². The van der Waals surface area contributed by atoms with Gasteiger partial charge < -0.3 is 5.32 Å². The third kappa shape index (κ3) is 2.57. The van der Waals surface area contributed by atoms with E-state index in [0.29, 0.717) is 0 Å². The number of rotatable bonds is 3. The van der Waals surface area contributed by atoms with E-state index < -0.39 is 17.7 Å². The number of benzene rings is 2. The fraction of sp³-hybridized carbons (Fsp3) is 0.118. The number of halogens is 2. The minimum Gasteiger partial charge on any atom is -0.378 e. The van der Waals surface area contributed by atoms with Crippen molar-refractivity contribution in [3.63, 3.8) is 0 Å². The molecule has 1 atom stereocenters. The summed E-state index contributed by atoms with van der Waals surface area (Å²) in [5.41, 5.74) is 0.842. The highest BCUT2D eigenvalue weighted by Gasteiger charge is 2.16. The summed E-state index contributed by atoms with van der Waals surface area (Å²) in [5.74, 6) is -1.10. The third-order valence-electron chi connectivity index (χ3n) is 3.49. The van der Waals surface area contributed by atoms with Gasteiger partial charge in [0.05, 0.1) is 6.04 Å². The predicted molar refractivity (Wildman–Crippen MR) is 80.1 cm³/mol. The zero-order valence-electron chi connectivity index (χ0n) is 11.5. The minimum atomic E-state index is -0.548. The summed E-state index contributed by atoms with van der Waals surface area (Å²) in [5, 5.41) is 5.11. The Morgan fingerprint density at radius 2 is 1.71 bits per heavy atom. The lowest BCUT2D eigenvalue weighted by Crippen LogP contribution is -2.11. The Morgan fingerprint density at radius 3 is 2.48 bits per heavy atom. The first-order valence-corrected chi connectivity index (χ1v) is 6.70. The number of anilines is 1. The summed E-state index contributed by atoms with van der Waals surface area (Å²) >= 11 is 0. The van der Waals surface area contributed by atoms with Gasteiger partial charge in [0.1, 0.15) is 11.6 Å². The first-order valence-electron chi connectivity index (χ1n) is 6.70. The number of pyridine rings is 1. The fourth-order valence-corrected chi connectivity index (χ4v) is 2.47. The van der Waals surface area contributed by atoms with Crippen molar-refractivity contribution < 1.29 is 8.78 Å². The summed E-state index contributed by atoms with van der Waals surface area (Å²) in [6.07, 6.45) is 3.45. The average molecular weight is 284 g/mol. The van der Waals surface area contributed by atoms with Crippen LogP contribution < -0.4 is 5.32 Å². The van der Waals surface area contributed by atoms with Crippen molar-refractivity contribution >= 4 is 16.5 Å². The first-order chi connectivity index (χ1) is 10.2. The normalized spacial score (nSPS) is 12.3. The Kier molecular flexibility index (Phi) is 3.52. The Labute approximate surface area is 121 Å². The van der Waals surface area contributed by atoms with Gasteiger partial charge in [-0.2, -0.15) is 0 Å². The van der Waals surface area contributed by atoms with E-state index in [1.165, 1.54) is 18.2 Å². The molecule has 3 aromatic rings. The van der Waals surface area contributed by atoms with Gasteiger partial charge in [0.2, 0.25) is 0 Å². The van der Waals surface area contributed by atoms with Crippen molar-refractivity contribution in [3.8, 4) is 0 Å². The van der Waals surface area contributed by atoms with Crippen LogP contribution in [0, 0.1) is 11.6 Å². The van der Waals surface area contributed by atoms with Crippen molar-refractivity contribution in [1.29, 1.82) is 0 Å². The Bertz CT molecular complexity index is 761. The van der Waals surface area contributed by atoms with E-state index >= 15 is 0 Å². The molecule has 1 N–H and O–H groups in total. The quantitative estimate of drug-likeness (QED) is 0.755. The summed E-state index contributed by atoms with van der Waals surface area (Å²) in [6.45, 7) is 1.73. The van der Waals surface area contributed by atoms with Crippen molar-refractivity contribution in [1.82, 2.24) is 4.98 Å². The molecule has 1 aromatic heterocycles. The van der Waals surface area contributed by atoms with Gasteiger partial charge in [-0.3, -0.25) is 4.98 Å². The van der Waals surface area contributed by atoms with Gasteiger partial charge in [-0.1, -0.05) is 18.2 Å². The maximum absolute atomic E-state index is 13.8. The monoisotopic (exact) mass is 284 g/mol. The van der Waals surface area contributed by atoms with E-state index in [0.717, 1.165) is 16.5 Å². The topological polar surface area (TPSA) is 24.9 Å². The second-order valence-electron chi connectivity index (χ2n) is 4.90. The van der Waals surface area contributed by atoms with Crippen LogP contribution >= 0.6 is 0 Å². The van der Waals surface area contributed by atoms with Crippen LogP contribution in [0.5, 0.6) is 0 Å². The highest BCUT2D eigenvalue weighted by Crippen LogP contribution is 2.28. The molecule has 0 aliphatic carbocycles. The van der Waals surface area contributed by atoms with Crippen LogP contribution in [0.15, 0.2) is 54.9 Å². The summed E-state index contributed by atoms with van der Waals surface area (Å²) < 4.78 is 27.7. The maximum atomic E-state index is 13.8. The molecule has 0 saturated carbocycles. The van der Waals surface area contributed by atoms with E-state index in [4.69, 9.17) is 0 Å². The minimum absolute atomic E-state index is 0.0402. The molecule has 1 heterocycles. The molecular weight excluding hydrogens is 270 g/mol. The summed E-state index contributed by atoms with van der Waals surface area (Å²) in [6, 6.07) is 11.0. The molecule has 0 saturated heterocycles. The van der Waals surface area contributed by atoms with Crippen LogP contribution in [0.4, 0.5) is 14.5 Å². The van der Waals surface area contributed by atoms with Crippen LogP contribution in [-0.4, -0.2) is 4.98 Å². The van der Waals surface area contributed by atoms with E-state index in [9.17, 15) is 8.78 Å². The number of hydrogen-bond acceptors (Lipinski definition) is 2. The Morgan fingerprint density at radius 1 is 1.00 bits per heavy atom. The molecular formula is C17H14F2N2. The number of aromatic nitrogens is 1. The van der Waals surface area contributed by atoms with Gasteiger partial charge in [-0.05, 0) is 36.6 Å². The molecule has 0 radical (unpaired) electrons. The molecule has 1 unspecified atom stereocenters. The molecule has 0 amide bonds. The van der Waals surface area contributed by atoms with Crippen LogP contribution in [-0.2, 0) is 0 Å². The van der Waals surface area contributed by atoms with Gasteiger partial charge in [-0.25, -0.2) is 8.78 Å². The first kappa shape index (κ1) is 13.5. The van der Waals surface area contributed by atoms with Crippen LogP contribution in [0.25, 0.3) is 10.8 Å². The molecule has 4 heteroatoms. The Balaban J connectivity index is 1.99. The molecule has 0 aliphatic heterocycles. The standard InChI is InChI=1S/C17H14F2N2/c1-11(17-14(18)5-3-6-15(17)19)21-16-7-2-4-12-8-9-20-10-13(12)16/h2-11,21H,1H3. The number of fused-ring (bicyclic) bond motifs is 1. The Hall–Kier alpha value is -2.49. The van der Waals surface area contributed by atoms with Crippen molar-refractivity contribution in [2.75, 3.05) is 5.32 Å². The van der Waals surface area contributed by atoms with Gasteiger partial charge in [0, 0.05) is 29.0 Å². The zero-order chi connectivity index (χ0) is 14.8. The molecule has 21 heavy (non-hydrogen) atoms. The molecule has 2 nitrogen and oxygen atoms in total. The highest BCUT2D eigenvalue weighted by molar-refractivity contribution is 5.93. The van der Waals surface area contributed by atoms with E-state index in [2.05, 4.69) is 10.3 Å². The molecule has 3 rings (SSSR count). The summed E-state index contributed by atoms with van der Waals surface area (Å²) in [7, 11) is 0. The SMILES string of the molecule is CC(Nc1cccc2ccncc12)c1c(F)cccc1F. The number of hydrogen-bond donors (Lipinski definition) is 1. The van der Waals surface area contributed by atoms with E-state index in [-0.39, 0.29) is 5.56 Å². The van der Waals surface area contributed by atoms with Gasteiger partial charge in [0.15, 0.2) is 0 Å². The lowest BCUT2D eigenvalue weighted by atomic mass is 10.1. The molecule has 2 aromatic carbocycles. The van der Waals surface area contributed by atoms with Crippen LogP contribution in [0.2, 0.25) is 0 Å². The lowest BCUT2D eigenvalue weighted by Gasteiger charge is -2.18. The molecule has 0 aliphatic rings. The van der Waals surface area contributed by atoms with Gasteiger partial charge in [-0.15, -0.1) is 0 Å². The highest BCUT2D eigenvalue weighted by atomic mass is 19.1. The van der Waals surface area contributed by atoms with Crippen molar-refractivity contribution in [2.45, 2.75) is 13.0 Å².